The van der Waals surface area contributed by atoms with Crippen molar-refractivity contribution in [2.75, 3.05) is 5.32 Å². The first-order valence-electron chi connectivity index (χ1n) is 7.79. The van der Waals surface area contributed by atoms with E-state index >= 15 is 0 Å². The Hall–Kier alpha value is -2.95. The highest BCUT2D eigenvalue weighted by Crippen LogP contribution is 2.15. The fraction of sp³-hybridized carbons (Fsp3) is 0.211. The van der Waals surface area contributed by atoms with Gasteiger partial charge in [0.1, 0.15) is 12.2 Å². The molecule has 5 heteroatoms. The fourth-order valence-corrected chi connectivity index (χ4v) is 2.64. The Bertz CT molecular complexity index is 990. The van der Waals surface area contributed by atoms with Crippen molar-refractivity contribution in [2.24, 2.45) is 0 Å². The number of hydrogen-bond acceptors (Lipinski definition) is 3. The summed E-state index contributed by atoms with van der Waals surface area (Å²) in [6.45, 7) is 5.63. The predicted octanol–water partition coefficient (Wildman–Crippen LogP) is 2.96. The molecule has 5 nitrogen and oxygen atoms in total. The van der Waals surface area contributed by atoms with E-state index < -0.39 is 0 Å². The van der Waals surface area contributed by atoms with Gasteiger partial charge in [0.2, 0.25) is 5.91 Å². The molecule has 0 spiro atoms. The molecule has 0 aliphatic rings. The minimum Gasteiger partial charge on any atom is -0.325 e. The standard InChI is InChI=1S/C19H19N3O2/c1-12-8-9-15(10-13(12)2)21-18(23)11-22-17-7-5-4-6-16(17)20-14(3)19(22)24/h4-10H,11H2,1-3H3,(H,21,23). The van der Waals surface area contributed by atoms with E-state index in [1.807, 2.05) is 50.2 Å². The third-order valence-electron chi connectivity index (χ3n) is 4.11. The average Bonchev–Trinajstić information content (AvgIpc) is 2.55. The van der Waals surface area contributed by atoms with Crippen molar-refractivity contribution in [2.45, 2.75) is 27.3 Å². The highest BCUT2D eigenvalue weighted by atomic mass is 16.2. The van der Waals surface area contributed by atoms with E-state index in [-0.39, 0.29) is 18.0 Å². The lowest BCUT2D eigenvalue weighted by Gasteiger charge is -2.12. The van der Waals surface area contributed by atoms with Gasteiger partial charge in [-0.1, -0.05) is 18.2 Å². The molecule has 122 valence electrons. The van der Waals surface area contributed by atoms with Gasteiger partial charge in [-0.25, -0.2) is 4.98 Å². The van der Waals surface area contributed by atoms with Crippen LogP contribution < -0.4 is 10.9 Å². The van der Waals surface area contributed by atoms with Gasteiger partial charge in [-0.15, -0.1) is 0 Å². The number of anilines is 1. The second kappa shape index (κ2) is 6.28. The van der Waals surface area contributed by atoms with Crippen molar-refractivity contribution >= 4 is 22.6 Å². The number of para-hydroxylation sites is 2. The Kier molecular flexibility index (Phi) is 4.16. The molecule has 1 amide bonds. The first kappa shape index (κ1) is 15.9. The average molecular weight is 321 g/mol. The number of aromatic nitrogens is 2. The van der Waals surface area contributed by atoms with Gasteiger partial charge < -0.3 is 5.32 Å². The van der Waals surface area contributed by atoms with E-state index in [1.54, 1.807) is 13.0 Å². The normalized spacial score (nSPS) is 10.8. The van der Waals surface area contributed by atoms with Gasteiger partial charge in [-0.2, -0.15) is 0 Å². The molecule has 0 aliphatic heterocycles. The van der Waals surface area contributed by atoms with Crippen molar-refractivity contribution in [3.63, 3.8) is 0 Å². The Balaban J connectivity index is 1.92. The molecular formula is C19H19N3O2. The van der Waals surface area contributed by atoms with Crippen molar-refractivity contribution in [1.82, 2.24) is 9.55 Å². The lowest BCUT2D eigenvalue weighted by molar-refractivity contribution is -0.116. The van der Waals surface area contributed by atoms with Crippen LogP contribution in [0.3, 0.4) is 0 Å². The van der Waals surface area contributed by atoms with Crippen molar-refractivity contribution in [1.29, 1.82) is 0 Å². The number of hydrogen-bond donors (Lipinski definition) is 1. The summed E-state index contributed by atoms with van der Waals surface area (Å²) in [6, 6.07) is 13.1. The molecule has 0 bridgehead atoms. The van der Waals surface area contributed by atoms with Crippen LogP contribution in [0.5, 0.6) is 0 Å². The molecule has 3 aromatic rings. The van der Waals surface area contributed by atoms with Crippen LogP contribution in [0.4, 0.5) is 5.69 Å². The monoisotopic (exact) mass is 321 g/mol. The molecular weight excluding hydrogens is 302 g/mol. The number of carbonyl (C=O) groups excluding carboxylic acids is 1. The Morgan fingerprint density at radius 2 is 1.83 bits per heavy atom. The molecule has 0 saturated heterocycles. The van der Waals surface area contributed by atoms with Gasteiger partial charge in [0.25, 0.3) is 5.56 Å². The predicted molar refractivity (Wildman–Crippen MR) is 95.3 cm³/mol. The number of fused-ring (bicyclic) bond motifs is 1. The third-order valence-corrected chi connectivity index (χ3v) is 4.11. The summed E-state index contributed by atoms with van der Waals surface area (Å²) in [5.41, 5.74) is 4.50. The maximum atomic E-state index is 12.4. The second-order valence-corrected chi connectivity index (χ2v) is 5.92. The first-order valence-corrected chi connectivity index (χ1v) is 7.79. The Labute approximate surface area is 140 Å². The second-order valence-electron chi connectivity index (χ2n) is 5.92. The van der Waals surface area contributed by atoms with Crippen LogP contribution >= 0.6 is 0 Å². The number of aryl methyl sites for hydroxylation is 3. The molecule has 0 fully saturated rings. The third kappa shape index (κ3) is 3.06. The van der Waals surface area contributed by atoms with E-state index in [1.165, 1.54) is 10.1 Å². The number of carbonyl (C=O) groups is 1. The first-order chi connectivity index (χ1) is 11.5. The van der Waals surface area contributed by atoms with Crippen LogP contribution in [-0.4, -0.2) is 15.5 Å². The van der Waals surface area contributed by atoms with Crippen molar-refractivity contribution in [3.05, 3.63) is 69.6 Å². The van der Waals surface area contributed by atoms with Gasteiger partial charge in [0, 0.05) is 5.69 Å². The highest BCUT2D eigenvalue weighted by molar-refractivity contribution is 5.91. The van der Waals surface area contributed by atoms with E-state index in [0.717, 1.165) is 11.3 Å². The Morgan fingerprint density at radius 3 is 2.58 bits per heavy atom. The lowest BCUT2D eigenvalue weighted by Crippen LogP contribution is -2.30. The van der Waals surface area contributed by atoms with Gasteiger partial charge in [-0.3, -0.25) is 14.2 Å². The van der Waals surface area contributed by atoms with Crippen LogP contribution in [-0.2, 0) is 11.3 Å². The number of nitrogens with one attached hydrogen (secondary N) is 1. The van der Waals surface area contributed by atoms with Gasteiger partial charge in [-0.05, 0) is 56.2 Å². The van der Waals surface area contributed by atoms with Crippen LogP contribution in [0.15, 0.2) is 47.3 Å². The molecule has 3 rings (SSSR count). The van der Waals surface area contributed by atoms with Crippen molar-refractivity contribution in [3.8, 4) is 0 Å². The van der Waals surface area contributed by atoms with Crippen molar-refractivity contribution < 1.29 is 4.79 Å². The minimum atomic E-state index is -0.246. The number of rotatable bonds is 3. The summed E-state index contributed by atoms with van der Waals surface area (Å²) in [6.07, 6.45) is 0. The Morgan fingerprint density at radius 1 is 1.08 bits per heavy atom. The van der Waals surface area contributed by atoms with Gasteiger partial charge in [0.05, 0.1) is 11.0 Å². The molecule has 1 aromatic heterocycles. The maximum Gasteiger partial charge on any atom is 0.272 e. The quantitative estimate of drug-likeness (QED) is 0.806. The van der Waals surface area contributed by atoms with Gasteiger partial charge >= 0.3 is 0 Å². The number of nitrogens with zero attached hydrogens (tertiary/aromatic N) is 2. The zero-order chi connectivity index (χ0) is 17.3. The largest absolute Gasteiger partial charge is 0.325 e. The minimum absolute atomic E-state index is 0.0460. The van der Waals surface area contributed by atoms with Crippen LogP contribution in [0, 0.1) is 20.8 Å². The summed E-state index contributed by atoms with van der Waals surface area (Å²) in [4.78, 5) is 29.1. The molecule has 0 radical (unpaired) electrons. The van der Waals surface area contributed by atoms with E-state index in [9.17, 15) is 9.59 Å². The summed E-state index contributed by atoms with van der Waals surface area (Å²) in [5, 5.41) is 2.85. The summed E-state index contributed by atoms with van der Waals surface area (Å²) >= 11 is 0. The van der Waals surface area contributed by atoms with Crippen LogP contribution in [0.25, 0.3) is 11.0 Å². The number of benzene rings is 2. The number of amides is 1. The summed E-state index contributed by atoms with van der Waals surface area (Å²) in [5.74, 6) is -0.240. The summed E-state index contributed by atoms with van der Waals surface area (Å²) in [7, 11) is 0. The molecule has 1 N–H and O–H groups in total. The van der Waals surface area contributed by atoms with Crippen LogP contribution in [0.1, 0.15) is 16.8 Å². The summed E-state index contributed by atoms with van der Waals surface area (Å²) < 4.78 is 1.47. The molecule has 2 aromatic carbocycles. The molecule has 0 atom stereocenters. The molecule has 0 unspecified atom stereocenters. The van der Waals surface area contributed by atoms with Crippen LogP contribution in [0.2, 0.25) is 0 Å². The van der Waals surface area contributed by atoms with E-state index in [0.29, 0.717) is 16.7 Å². The molecule has 0 aliphatic carbocycles. The highest BCUT2D eigenvalue weighted by Gasteiger charge is 2.11. The zero-order valence-corrected chi connectivity index (χ0v) is 14.0. The molecule has 24 heavy (non-hydrogen) atoms. The maximum absolute atomic E-state index is 12.4. The molecule has 0 saturated carbocycles. The molecule has 1 heterocycles. The lowest BCUT2D eigenvalue weighted by atomic mass is 10.1. The van der Waals surface area contributed by atoms with E-state index in [4.69, 9.17) is 0 Å². The van der Waals surface area contributed by atoms with Gasteiger partial charge in [0.15, 0.2) is 0 Å². The SMILES string of the molecule is Cc1ccc(NC(=O)Cn2c(=O)c(C)nc3ccccc32)cc1C. The topological polar surface area (TPSA) is 64.0 Å². The smallest absolute Gasteiger partial charge is 0.272 e. The zero-order valence-electron chi connectivity index (χ0n) is 14.0. The van der Waals surface area contributed by atoms with E-state index in [2.05, 4.69) is 10.3 Å². The fourth-order valence-electron chi connectivity index (χ4n) is 2.64.